The van der Waals surface area contributed by atoms with Crippen molar-refractivity contribution in [3.63, 3.8) is 0 Å². The molecule has 0 saturated carbocycles. The first-order valence-corrected chi connectivity index (χ1v) is 10.5. The summed E-state index contributed by atoms with van der Waals surface area (Å²) in [5.74, 6) is -1.88. The number of benzene rings is 2. The normalized spacial score (nSPS) is 18.9. The van der Waals surface area contributed by atoms with Crippen molar-refractivity contribution in [2.45, 2.75) is 31.3 Å². The van der Waals surface area contributed by atoms with Crippen LogP contribution in [0.25, 0.3) is 0 Å². The second kappa shape index (κ2) is 11.5. The molecule has 3 N–H and O–H groups in total. The molecule has 0 unspecified atom stereocenters. The summed E-state index contributed by atoms with van der Waals surface area (Å²) < 4.78 is 15.5. The van der Waals surface area contributed by atoms with Gasteiger partial charge in [0.05, 0.1) is 18.6 Å². The summed E-state index contributed by atoms with van der Waals surface area (Å²) in [5.41, 5.74) is 7.90. The Morgan fingerprint density at radius 1 is 1.00 bits per heavy atom. The highest BCUT2D eigenvalue weighted by molar-refractivity contribution is 5.93. The third-order valence-corrected chi connectivity index (χ3v) is 5.16. The molecule has 1 aliphatic rings. The zero-order valence-corrected chi connectivity index (χ0v) is 17.9. The van der Waals surface area contributed by atoms with Crippen molar-refractivity contribution in [2.75, 3.05) is 20.3 Å². The standard InChI is InChI=1S/C24H28N2O6/c1-30-15-18(20(27)19(25)12-16-8-4-2-5-9-16)13-26-23(28)21-22(32-21)24(29)31-14-17-10-6-3-7-11-17/h2-11,18-19,21-22H,12-15,25H2,1H3,(H,26,28)/t18-,19-,21-,22-/m0/s1. The number of esters is 1. The summed E-state index contributed by atoms with van der Waals surface area (Å²) in [7, 11) is 1.48. The number of carbonyl (C=O) groups excluding carboxylic acids is 3. The van der Waals surface area contributed by atoms with Gasteiger partial charge < -0.3 is 25.3 Å². The van der Waals surface area contributed by atoms with Gasteiger partial charge in [0.2, 0.25) is 0 Å². The lowest BCUT2D eigenvalue weighted by Crippen LogP contribution is -2.45. The molecule has 0 spiro atoms. The maximum atomic E-state index is 12.8. The molecular formula is C24H28N2O6. The fourth-order valence-corrected chi connectivity index (χ4v) is 3.34. The van der Waals surface area contributed by atoms with Gasteiger partial charge in [0.1, 0.15) is 6.61 Å². The SMILES string of the molecule is COC[C@H](CNC(=O)[C@H]1O[C@@H]1C(=O)OCc1ccccc1)C(=O)[C@@H](N)Cc1ccccc1. The molecule has 4 atom stereocenters. The van der Waals surface area contributed by atoms with Gasteiger partial charge in [-0.3, -0.25) is 9.59 Å². The summed E-state index contributed by atoms with van der Waals surface area (Å²) in [6.45, 7) is 0.271. The molecule has 0 bridgehead atoms. The Morgan fingerprint density at radius 2 is 1.62 bits per heavy atom. The van der Waals surface area contributed by atoms with Gasteiger partial charge in [-0.05, 0) is 17.5 Å². The van der Waals surface area contributed by atoms with Crippen molar-refractivity contribution in [3.8, 4) is 0 Å². The van der Waals surface area contributed by atoms with Gasteiger partial charge in [-0.15, -0.1) is 0 Å². The first-order chi connectivity index (χ1) is 15.5. The Bertz CT molecular complexity index is 905. The van der Waals surface area contributed by atoms with Gasteiger partial charge in [-0.25, -0.2) is 4.79 Å². The molecule has 8 heteroatoms. The van der Waals surface area contributed by atoms with E-state index in [0.717, 1.165) is 11.1 Å². The van der Waals surface area contributed by atoms with E-state index < -0.39 is 36.0 Å². The monoisotopic (exact) mass is 440 g/mol. The zero-order valence-electron chi connectivity index (χ0n) is 17.9. The van der Waals surface area contributed by atoms with Crippen molar-refractivity contribution in [2.24, 2.45) is 11.7 Å². The third-order valence-electron chi connectivity index (χ3n) is 5.16. The molecule has 0 aromatic heterocycles. The topological polar surface area (TPSA) is 120 Å². The second-order valence-corrected chi connectivity index (χ2v) is 7.67. The molecule has 2 aromatic carbocycles. The predicted molar refractivity (Wildman–Crippen MR) is 116 cm³/mol. The average Bonchev–Trinajstić information content (AvgIpc) is 3.62. The minimum atomic E-state index is -0.935. The largest absolute Gasteiger partial charge is 0.459 e. The average molecular weight is 440 g/mol. The number of methoxy groups -OCH3 is 1. The smallest absolute Gasteiger partial charge is 0.338 e. The molecule has 8 nitrogen and oxygen atoms in total. The number of nitrogens with one attached hydrogen (secondary N) is 1. The number of ether oxygens (including phenoxy) is 3. The number of nitrogens with two attached hydrogens (primary N) is 1. The van der Waals surface area contributed by atoms with Crippen LogP contribution in [-0.4, -0.2) is 56.2 Å². The van der Waals surface area contributed by atoms with E-state index in [9.17, 15) is 14.4 Å². The van der Waals surface area contributed by atoms with E-state index in [2.05, 4.69) is 5.32 Å². The lowest BCUT2D eigenvalue weighted by atomic mass is 9.94. The number of rotatable bonds is 12. The van der Waals surface area contributed by atoms with Crippen molar-refractivity contribution in [3.05, 3.63) is 71.8 Å². The highest BCUT2D eigenvalue weighted by atomic mass is 16.6. The number of hydrogen-bond acceptors (Lipinski definition) is 7. The molecule has 1 saturated heterocycles. The molecule has 3 rings (SSSR count). The fourth-order valence-electron chi connectivity index (χ4n) is 3.34. The van der Waals surface area contributed by atoms with Crippen LogP contribution in [0.3, 0.4) is 0 Å². The highest BCUT2D eigenvalue weighted by Gasteiger charge is 2.51. The second-order valence-electron chi connectivity index (χ2n) is 7.67. The van der Waals surface area contributed by atoms with Gasteiger partial charge >= 0.3 is 5.97 Å². The van der Waals surface area contributed by atoms with Gasteiger partial charge in [-0.1, -0.05) is 60.7 Å². The van der Waals surface area contributed by atoms with E-state index >= 15 is 0 Å². The van der Waals surface area contributed by atoms with E-state index in [0.29, 0.717) is 6.42 Å². The molecule has 1 aliphatic heterocycles. The van der Waals surface area contributed by atoms with Gasteiger partial charge in [0, 0.05) is 13.7 Å². The van der Waals surface area contributed by atoms with Crippen molar-refractivity contribution >= 4 is 17.7 Å². The Balaban J connectivity index is 1.44. The maximum Gasteiger partial charge on any atom is 0.338 e. The van der Waals surface area contributed by atoms with E-state index in [-0.39, 0.29) is 25.5 Å². The van der Waals surface area contributed by atoms with Crippen LogP contribution in [-0.2, 0) is 41.6 Å². The third kappa shape index (κ3) is 6.71. The molecule has 0 aliphatic carbocycles. The first kappa shape index (κ1) is 23.6. The summed E-state index contributed by atoms with van der Waals surface area (Å²) in [6, 6.07) is 18.0. The number of hydrogen-bond donors (Lipinski definition) is 2. The van der Waals surface area contributed by atoms with E-state index in [1.165, 1.54) is 7.11 Å². The number of amides is 1. The van der Waals surface area contributed by atoms with Gasteiger partial charge in [0.15, 0.2) is 18.0 Å². The molecule has 1 amide bonds. The molecule has 170 valence electrons. The zero-order chi connectivity index (χ0) is 22.9. The lowest BCUT2D eigenvalue weighted by Gasteiger charge is -2.19. The van der Waals surface area contributed by atoms with Crippen LogP contribution < -0.4 is 11.1 Å². The van der Waals surface area contributed by atoms with Crippen LogP contribution in [0.15, 0.2) is 60.7 Å². The Hall–Kier alpha value is -3.07. The number of ketones is 1. The van der Waals surface area contributed by atoms with Gasteiger partial charge in [0.25, 0.3) is 5.91 Å². The lowest BCUT2D eigenvalue weighted by molar-refractivity contribution is -0.146. The molecule has 0 radical (unpaired) electrons. The maximum absolute atomic E-state index is 12.8. The summed E-state index contributed by atoms with van der Waals surface area (Å²) >= 11 is 0. The summed E-state index contributed by atoms with van der Waals surface area (Å²) in [5, 5.41) is 2.66. The Kier molecular flexibility index (Phi) is 8.49. The van der Waals surface area contributed by atoms with Crippen LogP contribution in [0.5, 0.6) is 0 Å². The molecule has 2 aromatic rings. The fraction of sp³-hybridized carbons (Fsp3) is 0.375. The van der Waals surface area contributed by atoms with Crippen LogP contribution in [0, 0.1) is 5.92 Å². The highest BCUT2D eigenvalue weighted by Crippen LogP contribution is 2.24. The van der Waals surface area contributed by atoms with Crippen LogP contribution in [0.1, 0.15) is 11.1 Å². The van der Waals surface area contributed by atoms with Crippen molar-refractivity contribution < 1.29 is 28.6 Å². The minimum absolute atomic E-state index is 0.0413. The van der Waals surface area contributed by atoms with E-state index in [1.54, 1.807) is 0 Å². The number of Topliss-reactive ketones (excluding diaryl/α,β-unsaturated/α-hetero) is 1. The molecule has 1 heterocycles. The Morgan fingerprint density at radius 3 is 2.25 bits per heavy atom. The number of carbonyl (C=O) groups is 3. The first-order valence-electron chi connectivity index (χ1n) is 10.5. The van der Waals surface area contributed by atoms with Crippen LogP contribution in [0.4, 0.5) is 0 Å². The van der Waals surface area contributed by atoms with Crippen LogP contribution >= 0.6 is 0 Å². The van der Waals surface area contributed by atoms with E-state index in [4.69, 9.17) is 19.9 Å². The Labute approximate surface area is 187 Å². The number of epoxide rings is 1. The summed E-state index contributed by atoms with van der Waals surface area (Å²) in [4.78, 5) is 37.2. The summed E-state index contributed by atoms with van der Waals surface area (Å²) in [6.07, 6.45) is -1.46. The predicted octanol–water partition coefficient (Wildman–Crippen LogP) is 1.02. The van der Waals surface area contributed by atoms with Crippen molar-refractivity contribution in [1.82, 2.24) is 5.32 Å². The quantitative estimate of drug-likeness (QED) is 0.373. The molecule has 32 heavy (non-hydrogen) atoms. The van der Waals surface area contributed by atoms with Crippen LogP contribution in [0.2, 0.25) is 0 Å². The van der Waals surface area contributed by atoms with Crippen molar-refractivity contribution in [1.29, 1.82) is 0 Å². The minimum Gasteiger partial charge on any atom is -0.459 e. The molecule has 1 fully saturated rings. The van der Waals surface area contributed by atoms with E-state index in [1.807, 2.05) is 60.7 Å². The molecular weight excluding hydrogens is 412 g/mol. The van der Waals surface area contributed by atoms with Gasteiger partial charge in [-0.2, -0.15) is 0 Å².